The van der Waals surface area contributed by atoms with Crippen LogP contribution in [0.15, 0.2) is 37.1 Å². The van der Waals surface area contributed by atoms with Crippen LogP contribution in [0.25, 0.3) is 0 Å². The van der Waals surface area contributed by atoms with Crippen LogP contribution < -0.4 is 5.32 Å². The Bertz CT molecular complexity index is 377. The van der Waals surface area contributed by atoms with Crippen LogP contribution >= 0.6 is 0 Å². The van der Waals surface area contributed by atoms with Crippen LogP contribution in [0.1, 0.15) is 66.4 Å². The van der Waals surface area contributed by atoms with Crippen molar-refractivity contribution in [2.45, 2.75) is 67.0 Å². The van der Waals surface area contributed by atoms with Crippen molar-refractivity contribution < 1.29 is 11.0 Å². The lowest BCUT2D eigenvalue weighted by Crippen LogP contribution is -2.21. The molecule has 1 aromatic rings. The highest BCUT2D eigenvalue weighted by Gasteiger charge is 1.99. The Kier molecular flexibility index (Phi) is 17.7. The van der Waals surface area contributed by atoms with E-state index in [1.807, 2.05) is 45.0 Å². The third-order valence-corrected chi connectivity index (χ3v) is 2.36. The standard InChI is InChI=1S/C14H19NO2.C3H8.C2H6.H2/c1-3-5-14(16)15-10-12-6-8-13(9-7-12)11-17-4-2;1-3-2;1-2;/h4,6-9H,2-3,5,10-11H2,1H3,(H,15,16);3H2,1-2H3;1-2H3;1H. The monoisotopic (exact) mass is 309 g/mol. The summed E-state index contributed by atoms with van der Waals surface area (Å²) in [5.74, 6) is 0.103. The number of carbonyl (C=O) groups is 1. The minimum Gasteiger partial charge on any atom is -0.497 e. The fourth-order valence-electron chi connectivity index (χ4n) is 1.42. The van der Waals surface area contributed by atoms with Gasteiger partial charge in [-0.25, -0.2) is 0 Å². The van der Waals surface area contributed by atoms with Gasteiger partial charge >= 0.3 is 0 Å². The molecule has 0 aliphatic heterocycles. The van der Waals surface area contributed by atoms with Gasteiger partial charge < -0.3 is 10.1 Å². The average Bonchev–Trinajstić information content (AvgIpc) is 2.55. The molecule has 0 unspecified atom stereocenters. The molecule has 3 heteroatoms. The molecule has 0 bridgehead atoms. The molecule has 0 atom stereocenters. The van der Waals surface area contributed by atoms with Crippen molar-refractivity contribution in [2.24, 2.45) is 0 Å². The first-order valence-corrected chi connectivity index (χ1v) is 8.24. The lowest BCUT2D eigenvalue weighted by atomic mass is 10.1. The van der Waals surface area contributed by atoms with Gasteiger partial charge in [-0.3, -0.25) is 4.79 Å². The van der Waals surface area contributed by atoms with Crippen LogP contribution in [-0.4, -0.2) is 5.91 Å². The van der Waals surface area contributed by atoms with Gasteiger partial charge in [0.05, 0.1) is 6.26 Å². The maximum absolute atomic E-state index is 11.3. The topological polar surface area (TPSA) is 38.3 Å². The second kappa shape index (κ2) is 17.3. The zero-order chi connectivity index (χ0) is 17.2. The molecule has 0 heterocycles. The second-order valence-electron chi connectivity index (χ2n) is 4.53. The molecule has 3 nitrogen and oxygen atoms in total. The van der Waals surface area contributed by atoms with E-state index in [0.717, 1.165) is 17.5 Å². The number of hydrogen-bond donors (Lipinski definition) is 1. The normalized spacial score (nSPS) is 8.59. The lowest BCUT2D eigenvalue weighted by molar-refractivity contribution is -0.121. The number of amides is 1. The van der Waals surface area contributed by atoms with Crippen LogP contribution in [0.4, 0.5) is 0 Å². The Labute approximate surface area is 138 Å². The molecular weight excluding hydrogens is 274 g/mol. The summed E-state index contributed by atoms with van der Waals surface area (Å²) in [5, 5.41) is 2.88. The molecule has 128 valence electrons. The highest BCUT2D eigenvalue weighted by molar-refractivity contribution is 5.75. The fraction of sp³-hybridized carbons (Fsp3) is 0.526. The van der Waals surface area contributed by atoms with Crippen LogP contribution in [0.5, 0.6) is 0 Å². The van der Waals surface area contributed by atoms with Gasteiger partial charge in [-0.15, -0.1) is 0 Å². The molecule has 0 spiro atoms. The number of hydrogen-bond acceptors (Lipinski definition) is 2. The second-order valence-corrected chi connectivity index (χ2v) is 4.53. The van der Waals surface area contributed by atoms with Crippen molar-refractivity contribution in [3.8, 4) is 0 Å². The molecule has 0 radical (unpaired) electrons. The summed E-state index contributed by atoms with van der Waals surface area (Å²) < 4.78 is 5.08. The van der Waals surface area contributed by atoms with Crippen LogP contribution in [0, 0.1) is 0 Å². The fourth-order valence-corrected chi connectivity index (χ4v) is 1.42. The van der Waals surface area contributed by atoms with Crippen LogP contribution in [0.3, 0.4) is 0 Å². The van der Waals surface area contributed by atoms with Gasteiger partial charge in [0, 0.05) is 14.4 Å². The van der Waals surface area contributed by atoms with Gasteiger partial charge in [0.15, 0.2) is 0 Å². The Morgan fingerprint density at radius 1 is 1.18 bits per heavy atom. The minimum absolute atomic E-state index is 0. The number of nitrogens with one attached hydrogen (secondary N) is 1. The van der Waals surface area contributed by atoms with Crippen molar-refractivity contribution in [1.29, 1.82) is 0 Å². The smallest absolute Gasteiger partial charge is 0.220 e. The predicted octanol–water partition coefficient (Wildman–Crippen LogP) is 5.45. The highest BCUT2D eigenvalue weighted by Crippen LogP contribution is 2.06. The summed E-state index contributed by atoms with van der Waals surface area (Å²) in [6.45, 7) is 14.9. The van der Waals surface area contributed by atoms with E-state index in [9.17, 15) is 4.79 Å². The van der Waals surface area contributed by atoms with Crippen molar-refractivity contribution >= 4 is 5.91 Å². The molecule has 1 amide bonds. The highest BCUT2D eigenvalue weighted by atomic mass is 16.5. The summed E-state index contributed by atoms with van der Waals surface area (Å²) >= 11 is 0. The summed E-state index contributed by atoms with van der Waals surface area (Å²) in [6.07, 6.45) is 4.15. The summed E-state index contributed by atoms with van der Waals surface area (Å²) in [4.78, 5) is 11.3. The van der Waals surface area contributed by atoms with Gasteiger partial charge in [0.1, 0.15) is 6.61 Å². The molecule has 22 heavy (non-hydrogen) atoms. The van der Waals surface area contributed by atoms with E-state index in [-0.39, 0.29) is 7.33 Å². The van der Waals surface area contributed by atoms with Gasteiger partial charge in [0.2, 0.25) is 5.91 Å². The van der Waals surface area contributed by atoms with E-state index in [4.69, 9.17) is 4.74 Å². The average molecular weight is 309 g/mol. The molecule has 0 saturated heterocycles. The molecular formula is C19H35NO2. The molecule has 1 N–H and O–H groups in total. The summed E-state index contributed by atoms with van der Waals surface area (Å²) in [7, 11) is 0. The first kappa shape index (κ1) is 22.5. The minimum atomic E-state index is 0. The van der Waals surface area contributed by atoms with E-state index in [1.54, 1.807) is 0 Å². The molecule has 0 fully saturated rings. The van der Waals surface area contributed by atoms with E-state index < -0.39 is 0 Å². The quantitative estimate of drug-likeness (QED) is 0.680. The van der Waals surface area contributed by atoms with E-state index in [2.05, 4.69) is 25.7 Å². The van der Waals surface area contributed by atoms with Gasteiger partial charge in [-0.1, -0.05) is 71.9 Å². The molecule has 1 aromatic carbocycles. The first-order chi connectivity index (χ1) is 10.7. The third-order valence-electron chi connectivity index (χ3n) is 2.36. The van der Waals surface area contributed by atoms with Crippen molar-refractivity contribution in [2.75, 3.05) is 0 Å². The molecule has 0 saturated carbocycles. The summed E-state index contributed by atoms with van der Waals surface area (Å²) in [5.41, 5.74) is 2.19. The predicted molar refractivity (Wildman–Crippen MR) is 97.6 cm³/mol. The van der Waals surface area contributed by atoms with E-state index in [0.29, 0.717) is 19.6 Å². The van der Waals surface area contributed by atoms with Gasteiger partial charge in [0.25, 0.3) is 0 Å². The number of ether oxygens (including phenoxy) is 1. The Morgan fingerprint density at radius 3 is 2.14 bits per heavy atom. The first-order valence-electron chi connectivity index (χ1n) is 8.24. The number of benzene rings is 1. The Balaban J connectivity index is -0.000000596. The molecule has 0 aliphatic carbocycles. The zero-order valence-electron chi connectivity index (χ0n) is 14.9. The van der Waals surface area contributed by atoms with Gasteiger partial charge in [-0.2, -0.15) is 0 Å². The van der Waals surface area contributed by atoms with Crippen molar-refractivity contribution in [3.05, 3.63) is 48.2 Å². The third kappa shape index (κ3) is 13.2. The molecule has 1 rings (SSSR count). The van der Waals surface area contributed by atoms with E-state index in [1.165, 1.54) is 12.7 Å². The van der Waals surface area contributed by atoms with Crippen molar-refractivity contribution in [1.82, 2.24) is 5.32 Å². The van der Waals surface area contributed by atoms with Crippen molar-refractivity contribution in [3.63, 3.8) is 0 Å². The maximum atomic E-state index is 11.3. The number of rotatable bonds is 7. The zero-order valence-corrected chi connectivity index (χ0v) is 14.9. The molecule has 0 aromatic heterocycles. The van der Waals surface area contributed by atoms with Crippen LogP contribution in [0.2, 0.25) is 0 Å². The van der Waals surface area contributed by atoms with Crippen LogP contribution in [-0.2, 0) is 22.7 Å². The summed E-state index contributed by atoms with van der Waals surface area (Å²) in [6, 6.07) is 7.97. The SMILES string of the molecule is C=COCc1ccc(CNC(=O)CCC)cc1.CC.CCC.[HH]. The Morgan fingerprint density at radius 2 is 1.68 bits per heavy atom. The maximum Gasteiger partial charge on any atom is 0.220 e. The lowest BCUT2D eigenvalue weighted by Gasteiger charge is -2.06. The van der Waals surface area contributed by atoms with Gasteiger partial charge in [-0.05, 0) is 17.5 Å². The van der Waals surface area contributed by atoms with E-state index >= 15 is 0 Å². The largest absolute Gasteiger partial charge is 0.497 e. The Hall–Kier alpha value is -1.77. The molecule has 0 aliphatic rings. The number of carbonyl (C=O) groups excluding carboxylic acids is 1.